The number of hydrogen-bond acceptors (Lipinski definition) is 4. The van der Waals surface area contributed by atoms with Crippen LogP contribution in [0.15, 0.2) is 39.6 Å². The molecule has 4 rings (SSSR count). The predicted octanol–water partition coefficient (Wildman–Crippen LogP) is 5.02. The first-order chi connectivity index (χ1) is 14.8. The van der Waals surface area contributed by atoms with Crippen molar-refractivity contribution in [3.63, 3.8) is 0 Å². The molecule has 2 aliphatic rings. The number of fused-ring (bicyclic) bond motifs is 1. The van der Waals surface area contributed by atoms with Crippen molar-refractivity contribution >= 4 is 27.2 Å². The molecular formula is C19H14F7N3O2S. The van der Waals surface area contributed by atoms with Crippen molar-refractivity contribution < 1.29 is 39.2 Å². The van der Waals surface area contributed by atoms with E-state index < -0.39 is 67.0 Å². The molecule has 2 aromatic rings. The van der Waals surface area contributed by atoms with Crippen LogP contribution in [0.2, 0.25) is 0 Å². The van der Waals surface area contributed by atoms with Gasteiger partial charge in [-0.25, -0.2) is 4.39 Å². The maximum absolute atomic E-state index is 14.4. The second-order valence-corrected chi connectivity index (χ2v) is 8.84. The van der Waals surface area contributed by atoms with Gasteiger partial charge in [0, 0.05) is 13.1 Å². The first-order valence-electron chi connectivity index (χ1n) is 9.27. The van der Waals surface area contributed by atoms with Crippen molar-refractivity contribution in [3.8, 4) is 0 Å². The number of benzene rings is 2. The molecule has 0 aromatic heterocycles. The summed E-state index contributed by atoms with van der Waals surface area (Å²) >= 11 is 0. The first-order valence-corrected chi connectivity index (χ1v) is 10.7. The first kappa shape index (κ1) is 22.4. The monoisotopic (exact) mass is 481 g/mol. The van der Waals surface area contributed by atoms with E-state index in [1.54, 1.807) is 0 Å². The summed E-state index contributed by atoms with van der Waals surface area (Å²) < 4.78 is 124. The van der Waals surface area contributed by atoms with Gasteiger partial charge in [-0.15, -0.1) is 4.40 Å². The molecule has 2 aliphatic heterocycles. The summed E-state index contributed by atoms with van der Waals surface area (Å²) in [4.78, 5) is 0.725. The minimum Gasteiger partial charge on any atom is -0.369 e. The standard InChI is InChI=1S/C19H14F7N3O2S/c20-12-4-3-5-14-15(12)17(28-32(14,30)31)27-13-9-10(18(21,22)23)8-11(19(24,25)26)16(13)29-6-1-2-7-29/h3-5,8-9H,1-2,6-7H2,(H,27,28). The van der Waals surface area contributed by atoms with E-state index in [-0.39, 0.29) is 19.2 Å². The SMILES string of the molecule is O=S1(=O)N=C(Nc2cc(C(F)(F)F)cc(C(F)(F)F)c2N2CCCC2)c2c(F)cccc21. The second kappa shape index (κ2) is 7.36. The van der Waals surface area contributed by atoms with Gasteiger partial charge >= 0.3 is 12.4 Å². The highest BCUT2D eigenvalue weighted by molar-refractivity contribution is 7.90. The average Bonchev–Trinajstić information content (AvgIpc) is 3.27. The molecule has 0 radical (unpaired) electrons. The second-order valence-electron chi connectivity index (χ2n) is 7.26. The summed E-state index contributed by atoms with van der Waals surface area (Å²) in [6, 6.07) is 3.51. The Morgan fingerprint density at radius 2 is 1.62 bits per heavy atom. The fourth-order valence-corrected chi connectivity index (χ4v) is 4.95. The zero-order chi connectivity index (χ0) is 23.5. The third-order valence-electron chi connectivity index (χ3n) is 5.12. The molecule has 2 heterocycles. The van der Waals surface area contributed by atoms with Gasteiger partial charge in [-0.3, -0.25) is 0 Å². The van der Waals surface area contributed by atoms with Gasteiger partial charge in [0.25, 0.3) is 10.0 Å². The van der Waals surface area contributed by atoms with Crippen LogP contribution in [0, 0.1) is 5.82 Å². The van der Waals surface area contributed by atoms with Gasteiger partial charge in [-0.2, -0.15) is 34.8 Å². The van der Waals surface area contributed by atoms with Crippen LogP contribution in [0.1, 0.15) is 29.5 Å². The van der Waals surface area contributed by atoms with Gasteiger partial charge < -0.3 is 10.2 Å². The maximum atomic E-state index is 14.4. The number of nitrogens with one attached hydrogen (secondary N) is 1. The number of alkyl halides is 6. The zero-order valence-electron chi connectivity index (χ0n) is 16.0. The summed E-state index contributed by atoms with van der Waals surface area (Å²) in [5.74, 6) is -1.73. The molecule has 0 unspecified atom stereocenters. The molecule has 13 heteroatoms. The third-order valence-corrected chi connectivity index (χ3v) is 6.44. The van der Waals surface area contributed by atoms with Crippen molar-refractivity contribution in [1.82, 2.24) is 0 Å². The van der Waals surface area contributed by atoms with Crippen molar-refractivity contribution in [3.05, 3.63) is 52.8 Å². The minimum absolute atomic E-state index is 0.0144. The topological polar surface area (TPSA) is 61.8 Å². The molecule has 5 nitrogen and oxygen atoms in total. The Hall–Kier alpha value is -2.83. The van der Waals surface area contributed by atoms with Crippen LogP contribution < -0.4 is 10.2 Å². The highest BCUT2D eigenvalue weighted by Gasteiger charge is 2.42. The fourth-order valence-electron chi connectivity index (χ4n) is 3.77. The molecule has 0 bridgehead atoms. The molecule has 0 atom stereocenters. The lowest BCUT2D eigenvalue weighted by atomic mass is 10.0. The largest absolute Gasteiger partial charge is 0.418 e. The van der Waals surface area contributed by atoms with Gasteiger partial charge in [0.1, 0.15) is 10.7 Å². The van der Waals surface area contributed by atoms with Gasteiger partial charge in [0.05, 0.1) is 28.1 Å². The molecule has 0 spiro atoms. The summed E-state index contributed by atoms with van der Waals surface area (Å²) in [5, 5.41) is 2.25. The Balaban J connectivity index is 1.95. The third kappa shape index (κ3) is 3.89. The quantitative estimate of drug-likeness (QED) is 0.612. The molecular weight excluding hydrogens is 467 g/mol. The molecule has 1 fully saturated rings. The number of halogens is 7. The summed E-state index contributed by atoms with van der Waals surface area (Å²) in [5.41, 5.74) is -4.92. The van der Waals surface area contributed by atoms with Crippen LogP contribution >= 0.6 is 0 Å². The smallest absolute Gasteiger partial charge is 0.369 e. The number of sulfonamides is 1. The highest BCUT2D eigenvalue weighted by atomic mass is 32.2. The van der Waals surface area contributed by atoms with Crippen LogP contribution in [0.5, 0.6) is 0 Å². The van der Waals surface area contributed by atoms with E-state index in [2.05, 4.69) is 9.71 Å². The van der Waals surface area contributed by atoms with Crippen LogP contribution in [0.4, 0.5) is 42.1 Å². The van der Waals surface area contributed by atoms with E-state index in [4.69, 9.17) is 0 Å². The number of amidine groups is 1. The van der Waals surface area contributed by atoms with Crippen LogP contribution in [-0.2, 0) is 22.4 Å². The van der Waals surface area contributed by atoms with E-state index >= 15 is 0 Å². The zero-order valence-corrected chi connectivity index (χ0v) is 16.8. The van der Waals surface area contributed by atoms with Crippen LogP contribution in [0.3, 0.4) is 0 Å². The Bertz CT molecular complexity index is 1210. The van der Waals surface area contributed by atoms with Crippen molar-refractivity contribution in [1.29, 1.82) is 0 Å². The average molecular weight is 481 g/mol. The predicted molar refractivity (Wildman–Crippen MR) is 102 cm³/mol. The van der Waals surface area contributed by atoms with Gasteiger partial charge in [-0.1, -0.05) is 6.07 Å². The lowest BCUT2D eigenvalue weighted by Crippen LogP contribution is -2.26. The number of rotatable bonds is 2. The van der Waals surface area contributed by atoms with Crippen molar-refractivity contribution in [2.45, 2.75) is 30.1 Å². The number of nitrogens with zero attached hydrogens (tertiary/aromatic N) is 2. The van der Waals surface area contributed by atoms with Crippen LogP contribution in [-0.4, -0.2) is 27.3 Å². The Kier molecular flexibility index (Phi) is 5.14. The highest BCUT2D eigenvalue weighted by Crippen LogP contribution is 2.46. The summed E-state index contributed by atoms with van der Waals surface area (Å²) in [6.07, 6.45) is -9.22. The van der Waals surface area contributed by atoms with Gasteiger partial charge in [0.2, 0.25) is 0 Å². The van der Waals surface area contributed by atoms with E-state index in [1.165, 1.54) is 4.90 Å². The normalized spacial score (nSPS) is 18.0. The minimum atomic E-state index is -5.14. The molecule has 0 aliphatic carbocycles. The molecule has 0 saturated carbocycles. The molecule has 2 aromatic carbocycles. The van der Waals surface area contributed by atoms with Gasteiger partial charge in [-0.05, 0) is 37.1 Å². The Morgan fingerprint density at radius 3 is 2.22 bits per heavy atom. The van der Waals surface area contributed by atoms with E-state index in [9.17, 15) is 39.2 Å². The van der Waals surface area contributed by atoms with Crippen LogP contribution in [0.25, 0.3) is 0 Å². The molecule has 0 amide bonds. The van der Waals surface area contributed by atoms with Crippen molar-refractivity contribution in [2.75, 3.05) is 23.3 Å². The molecule has 1 N–H and O–H groups in total. The summed E-state index contributed by atoms with van der Waals surface area (Å²) in [6.45, 7) is 0.303. The van der Waals surface area contributed by atoms with Crippen molar-refractivity contribution in [2.24, 2.45) is 4.40 Å². The van der Waals surface area contributed by atoms with E-state index in [0.29, 0.717) is 18.9 Å². The van der Waals surface area contributed by atoms with Gasteiger partial charge in [0.15, 0.2) is 5.84 Å². The lowest BCUT2D eigenvalue weighted by molar-refractivity contribution is -0.142. The number of anilines is 2. The maximum Gasteiger partial charge on any atom is 0.418 e. The number of hydrogen-bond donors (Lipinski definition) is 1. The Morgan fingerprint density at radius 1 is 0.969 bits per heavy atom. The van der Waals surface area contributed by atoms with E-state index in [0.717, 1.165) is 18.2 Å². The molecule has 172 valence electrons. The fraction of sp³-hybridized carbons (Fsp3) is 0.316. The lowest BCUT2D eigenvalue weighted by Gasteiger charge is -2.27. The molecule has 1 saturated heterocycles. The van der Waals surface area contributed by atoms with E-state index in [1.807, 2.05) is 0 Å². The Labute approximate surface area is 177 Å². The molecule has 32 heavy (non-hydrogen) atoms. The summed E-state index contributed by atoms with van der Waals surface area (Å²) in [7, 11) is -4.38.